The van der Waals surface area contributed by atoms with Crippen LogP contribution < -0.4 is 5.73 Å². The van der Waals surface area contributed by atoms with Gasteiger partial charge in [0.1, 0.15) is 5.69 Å². The van der Waals surface area contributed by atoms with Gasteiger partial charge in [0.2, 0.25) is 0 Å². The van der Waals surface area contributed by atoms with Gasteiger partial charge in [0.25, 0.3) is 5.91 Å². The summed E-state index contributed by atoms with van der Waals surface area (Å²) in [4.78, 5) is 17.8. The summed E-state index contributed by atoms with van der Waals surface area (Å²) in [6.07, 6.45) is 1.02. The number of hydrogen-bond acceptors (Lipinski definition) is 3. The van der Waals surface area contributed by atoms with Crippen molar-refractivity contribution in [1.29, 1.82) is 0 Å². The van der Waals surface area contributed by atoms with E-state index in [1.807, 2.05) is 40.9 Å². The maximum absolute atomic E-state index is 12.7. The number of carbonyl (C=O) groups excluding carboxylic acids is 1. The Balaban J connectivity index is 1.83. The summed E-state index contributed by atoms with van der Waals surface area (Å²) in [5.74, 6) is 1.08. The molecule has 112 valence electrons. The van der Waals surface area contributed by atoms with Gasteiger partial charge >= 0.3 is 0 Å². The minimum atomic E-state index is 0.0862. The first-order valence-electron chi connectivity index (χ1n) is 7.26. The maximum atomic E-state index is 12.7. The molecule has 4 nitrogen and oxygen atoms in total. The zero-order valence-corrected chi connectivity index (χ0v) is 13.3. The van der Waals surface area contributed by atoms with Crippen molar-refractivity contribution in [2.45, 2.75) is 25.0 Å². The van der Waals surface area contributed by atoms with Crippen LogP contribution in [0.3, 0.4) is 0 Å². The van der Waals surface area contributed by atoms with Gasteiger partial charge in [-0.25, -0.2) is 0 Å². The zero-order chi connectivity index (χ0) is 15.0. The van der Waals surface area contributed by atoms with Crippen molar-refractivity contribution in [1.82, 2.24) is 9.88 Å². The third-order valence-corrected chi connectivity index (χ3v) is 5.37. The van der Waals surface area contributed by atoms with Crippen LogP contribution in [0.5, 0.6) is 0 Å². The van der Waals surface area contributed by atoms with Crippen molar-refractivity contribution in [3.8, 4) is 0 Å². The third kappa shape index (κ3) is 3.02. The van der Waals surface area contributed by atoms with E-state index in [1.54, 1.807) is 0 Å². The highest BCUT2D eigenvalue weighted by Gasteiger charge is 2.27. The van der Waals surface area contributed by atoms with Crippen LogP contribution in [0.25, 0.3) is 10.9 Å². The van der Waals surface area contributed by atoms with Crippen molar-refractivity contribution < 1.29 is 4.79 Å². The number of thioether (sulfide) groups is 1. The number of amides is 1. The van der Waals surface area contributed by atoms with Gasteiger partial charge in [0.15, 0.2) is 0 Å². The smallest absolute Gasteiger partial charge is 0.270 e. The first-order chi connectivity index (χ1) is 9.94. The average molecular weight is 303 g/mol. The van der Waals surface area contributed by atoms with Gasteiger partial charge in [-0.3, -0.25) is 4.79 Å². The van der Waals surface area contributed by atoms with Crippen LogP contribution in [-0.4, -0.2) is 39.4 Å². The molecule has 1 saturated heterocycles. The Kier molecular flexibility index (Phi) is 3.61. The number of fused-ring (bicyclic) bond motifs is 1. The molecule has 1 aromatic heterocycles. The standard InChI is InChI=1S/C16H21N3OS/c1-16(2)5-6-19(7-8-21-16)15(20)14-10-11-9-12(17)3-4-13(11)18-14/h3-4,9-10,18H,5-8,17H2,1-2H3. The van der Waals surface area contributed by atoms with Gasteiger partial charge in [-0.05, 0) is 30.7 Å². The molecule has 1 aliphatic heterocycles. The Morgan fingerprint density at radius 2 is 2.14 bits per heavy atom. The number of hydrogen-bond donors (Lipinski definition) is 2. The summed E-state index contributed by atoms with van der Waals surface area (Å²) >= 11 is 1.94. The molecule has 0 radical (unpaired) electrons. The summed E-state index contributed by atoms with van der Waals surface area (Å²) < 4.78 is 0.254. The van der Waals surface area contributed by atoms with Crippen LogP contribution in [0.4, 0.5) is 5.69 Å². The molecule has 5 heteroatoms. The number of H-pyrrole nitrogens is 1. The maximum Gasteiger partial charge on any atom is 0.270 e. The van der Waals surface area contributed by atoms with Crippen molar-refractivity contribution in [3.05, 3.63) is 30.0 Å². The number of benzene rings is 1. The fourth-order valence-electron chi connectivity index (χ4n) is 2.66. The quantitative estimate of drug-likeness (QED) is 0.796. The number of nitrogens with one attached hydrogen (secondary N) is 1. The van der Waals surface area contributed by atoms with Gasteiger partial charge in [-0.2, -0.15) is 11.8 Å². The Morgan fingerprint density at radius 3 is 2.95 bits per heavy atom. The molecule has 21 heavy (non-hydrogen) atoms. The molecule has 0 bridgehead atoms. The van der Waals surface area contributed by atoms with Crippen molar-refractivity contribution in [2.24, 2.45) is 0 Å². The van der Waals surface area contributed by atoms with Crippen molar-refractivity contribution >= 4 is 34.3 Å². The van der Waals surface area contributed by atoms with Gasteiger partial charge in [-0.15, -0.1) is 0 Å². The van der Waals surface area contributed by atoms with Gasteiger partial charge in [0, 0.05) is 40.2 Å². The van der Waals surface area contributed by atoms with E-state index < -0.39 is 0 Å². The van der Waals surface area contributed by atoms with Crippen molar-refractivity contribution in [3.63, 3.8) is 0 Å². The summed E-state index contributed by atoms with van der Waals surface area (Å²) in [7, 11) is 0. The number of carbonyl (C=O) groups is 1. The minimum absolute atomic E-state index is 0.0862. The molecule has 0 aliphatic carbocycles. The predicted molar refractivity (Wildman–Crippen MR) is 89.8 cm³/mol. The highest BCUT2D eigenvalue weighted by atomic mass is 32.2. The first-order valence-corrected chi connectivity index (χ1v) is 8.25. The van der Waals surface area contributed by atoms with Crippen molar-refractivity contribution in [2.75, 3.05) is 24.6 Å². The lowest BCUT2D eigenvalue weighted by atomic mass is 10.1. The fraction of sp³-hybridized carbons (Fsp3) is 0.438. The number of rotatable bonds is 1. The number of nitrogens with zero attached hydrogens (tertiary/aromatic N) is 1. The summed E-state index contributed by atoms with van der Waals surface area (Å²) in [6.45, 7) is 6.12. The Hall–Kier alpha value is -1.62. The molecule has 0 unspecified atom stereocenters. The average Bonchev–Trinajstić information content (AvgIpc) is 2.75. The molecule has 1 amide bonds. The number of aromatic nitrogens is 1. The van der Waals surface area contributed by atoms with E-state index in [-0.39, 0.29) is 10.7 Å². The van der Waals surface area contributed by atoms with Crippen LogP contribution in [0.1, 0.15) is 30.8 Å². The molecule has 0 saturated carbocycles. The molecular formula is C16H21N3OS. The summed E-state index contributed by atoms with van der Waals surface area (Å²) in [5.41, 5.74) is 8.12. The van der Waals surface area contributed by atoms with E-state index in [2.05, 4.69) is 18.8 Å². The van der Waals surface area contributed by atoms with E-state index in [1.165, 1.54) is 0 Å². The lowest BCUT2D eigenvalue weighted by Gasteiger charge is -2.22. The lowest BCUT2D eigenvalue weighted by Crippen LogP contribution is -2.33. The van der Waals surface area contributed by atoms with E-state index in [0.717, 1.165) is 36.2 Å². The number of anilines is 1. The minimum Gasteiger partial charge on any atom is -0.399 e. The van der Waals surface area contributed by atoms with E-state index in [9.17, 15) is 4.79 Å². The zero-order valence-electron chi connectivity index (χ0n) is 12.5. The summed E-state index contributed by atoms with van der Waals surface area (Å²) in [6, 6.07) is 7.56. The Labute approximate surface area is 129 Å². The van der Waals surface area contributed by atoms with Crippen LogP contribution in [0.15, 0.2) is 24.3 Å². The van der Waals surface area contributed by atoms with Gasteiger partial charge < -0.3 is 15.6 Å². The number of nitrogens with two attached hydrogens (primary N) is 1. The van der Waals surface area contributed by atoms with E-state index >= 15 is 0 Å². The third-order valence-electron chi connectivity index (χ3n) is 4.00. The van der Waals surface area contributed by atoms with E-state index in [0.29, 0.717) is 11.4 Å². The number of nitrogen functional groups attached to an aromatic ring is 1. The van der Waals surface area contributed by atoms with Crippen LogP contribution in [0.2, 0.25) is 0 Å². The van der Waals surface area contributed by atoms with Crippen LogP contribution in [0, 0.1) is 0 Å². The fourth-order valence-corrected chi connectivity index (χ4v) is 3.76. The molecule has 1 aliphatic rings. The second-order valence-corrected chi connectivity index (χ2v) is 7.98. The molecule has 2 aromatic rings. The molecular weight excluding hydrogens is 282 g/mol. The SMILES string of the molecule is CC1(C)CCN(C(=O)c2cc3cc(N)ccc3[nH]2)CCS1. The normalized spacial score (nSPS) is 18.7. The predicted octanol–water partition coefficient (Wildman–Crippen LogP) is 3.11. The second-order valence-electron chi connectivity index (χ2n) is 6.18. The van der Waals surface area contributed by atoms with Gasteiger partial charge in [-0.1, -0.05) is 13.8 Å². The highest BCUT2D eigenvalue weighted by molar-refractivity contribution is 8.00. The first kappa shape index (κ1) is 14.3. The lowest BCUT2D eigenvalue weighted by molar-refractivity contribution is 0.0759. The second kappa shape index (κ2) is 5.30. The highest BCUT2D eigenvalue weighted by Crippen LogP contribution is 2.31. The Morgan fingerprint density at radius 1 is 1.33 bits per heavy atom. The molecule has 1 aromatic carbocycles. The topological polar surface area (TPSA) is 62.1 Å². The molecule has 3 N–H and O–H groups in total. The Bertz CT molecular complexity index is 677. The molecule has 1 fully saturated rings. The molecule has 0 atom stereocenters. The summed E-state index contributed by atoms with van der Waals surface area (Å²) in [5, 5.41) is 0.989. The van der Waals surface area contributed by atoms with Gasteiger partial charge in [0.05, 0.1) is 0 Å². The molecule has 0 spiro atoms. The number of aromatic amines is 1. The molecule has 3 rings (SSSR count). The van der Waals surface area contributed by atoms with E-state index in [4.69, 9.17) is 5.73 Å². The van der Waals surface area contributed by atoms with Crippen LogP contribution >= 0.6 is 11.8 Å². The molecule has 2 heterocycles. The van der Waals surface area contributed by atoms with Crippen LogP contribution in [-0.2, 0) is 0 Å². The monoisotopic (exact) mass is 303 g/mol. The largest absolute Gasteiger partial charge is 0.399 e.